The number of benzene rings is 3. The first-order valence-electron chi connectivity index (χ1n) is 11.6. The Bertz CT molecular complexity index is 1260. The van der Waals surface area contributed by atoms with Gasteiger partial charge in [0.2, 0.25) is 0 Å². The van der Waals surface area contributed by atoms with Crippen LogP contribution in [-0.4, -0.2) is 44.7 Å². The van der Waals surface area contributed by atoms with Crippen LogP contribution in [0.25, 0.3) is 0 Å². The average Bonchev–Trinajstić information content (AvgIpc) is 3.37. The summed E-state index contributed by atoms with van der Waals surface area (Å²) >= 11 is 0. The smallest absolute Gasteiger partial charge is 0.417 e. The van der Waals surface area contributed by atoms with E-state index >= 15 is 0 Å². The van der Waals surface area contributed by atoms with Gasteiger partial charge in [0, 0.05) is 6.54 Å². The predicted molar refractivity (Wildman–Crippen MR) is 131 cm³/mol. The quantitative estimate of drug-likeness (QED) is 0.416. The van der Waals surface area contributed by atoms with Gasteiger partial charge in [0.1, 0.15) is 18.1 Å². The summed E-state index contributed by atoms with van der Waals surface area (Å²) in [5.74, 6) is 0.529. The van der Waals surface area contributed by atoms with Gasteiger partial charge in [0.25, 0.3) is 10.0 Å². The third kappa shape index (κ3) is 6.11. The summed E-state index contributed by atoms with van der Waals surface area (Å²) in [6, 6.07) is 16.2. The molecule has 0 unspecified atom stereocenters. The Morgan fingerprint density at radius 2 is 1.56 bits per heavy atom. The molecule has 1 aliphatic rings. The minimum absolute atomic E-state index is 0.00833. The Labute approximate surface area is 208 Å². The minimum Gasteiger partial charge on any atom is -0.508 e. The van der Waals surface area contributed by atoms with Gasteiger partial charge >= 0.3 is 6.18 Å². The van der Waals surface area contributed by atoms with Gasteiger partial charge < -0.3 is 9.84 Å². The van der Waals surface area contributed by atoms with E-state index in [2.05, 4.69) is 4.90 Å². The maximum Gasteiger partial charge on any atom is 0.417 e. The number of hydrogen-bond acceptors (Lipinski definition) is 5. The van der Waals surface area contributed by atoms with Crippen LogP contribution in [0.5, 0.6) is 11.5 Å². The molecular formula is C26H27F3N2O4S. The molecule has 1 aliphatic heterocycles. The van der Waals surface area contributed by atoms with Crippen LogP contribution in [0.2, 0.25) is 0 Å². The monoisotopic (exact) mass is 520 g/mol. The summed E-state index contributed by atoms with van der Waals surface area (Å²) in [6.45, 7) is 3.13. The van der Waals surface area contributed by atoms with Crippen LogP contribution < -0.4 is 9.04 Å². The fourth-order valence-electron chi connectivity index (χ4n) is 4.13. The highest BCUT2D eigenvalue weighted by Crippen LogP contribution is 2.37. The molecule has 0 saturated carbocycles. The van der Waals surface area contributed by atoms with Crippen LogP contribution in [0.3, 0.4) is 0 Å². The standard InChI is InChI=1S/C26H27F3N2O4S/c27-26(28,29)24-5-1-2-6-25(24)36(33,34)31(19-20-7-11-22(32)12-8-20)21-9-13-23(14-10-21)35-18-17-30-15-3-4-16-30/h1-2,5-14,32H,3-4,15-19H2. The number of aromatic hydroxyl groups is 1. The Morgan fingerprint density at radius 3 is 2.19 bits per heavy atom. The Balaban J connectivity index is 1.63. The second-order valence-electron chi connectivity index (χ2n) is 8.56. The number of likely N-dealkylation sites (tertiary alicyclic amines) is 1. The molecule has 0 atom stereocenters. The highest BCUT2D eigenvalue weighted by Gasteiger charge is 2.39. The van der Waals surface area contributed by atoms with Crippen LogP contribution in [0.15, 0.2) is 77.7 Å². The van der Waals surface area contributed by atoms with Crippen LogP contribution in [0.4, 0.5) is 18.9 Å². The van der Waals surface area contributed by atoms with Crippen molar-refractivity contribution >= 4 is 15.7 Å². The van der Waals surface area contributed by atoms with E-state index in [4.69, 9.17) is 4.74 Å². The molecule has 3 aromatic rings. The Kier molecular flexibility index (Phi) is 7.75. The lowest BCUT2D eigenvalue weighted by Crippen LogP contribution is -2.32. The van der Waals surface area contributed by atoms with Gasteiger partial charge in [-0.25, -0.2) is 8.42 Å². The largest absolute Gasteiger partial charge is 0.508 e. The zero-order valence-electron chi connectivity index (χ0n) is 19.5. The first kappa shape index (κ1) is 25.8. The molecule has 36 heavy (non-hydrogen) atoms. The van der Waals surface area contributed by atoms with Crippen LogP contribution >= 0.6 is 0 Å². The molecule has 0 radical (unpaired) electrons. The Hall–Kier alpha value is -3.24. The maximum atomic E-state index is 13.7. The summed E-state index contributed by atoms with van der Waals surface area (Å²) in [5.41, 5.74) is -0.554. The highest BCUT2D eigenvalue weighted by atomic mass is 32.2. The van der Waals surface area contributed by atoms with Crippen molar-refractivity contribution in [1.29, 1.82) is 0 Å². The lowest BCUT2D eigenvalue weighted by atomic mass is 10.2. The van der Waals surface area contributed by atoms with Crippen molar-refractivity contribution in [2.45, 2.75) is 30.5 Å². The molecule has 192 valence electrons. The molecule has 0 aromatic heterocycles. The molecule has 6 nitrogen and oxygen atoms in total. The number of nitrogens with zero attached hydrogens (tertiary/aromatic N) is 2. The summed E-state index contributed by atoms with van der Waals surface area (Å²) in [4.78, 5) is 1.47. The highest BCUT2D eigenvalue weighted by molar-refractivity contribution is 7.92. The van der Waals surface area contributed by atoms with Crippen molar-refractivity contribution in [3.63, 3.8) is 0 Å². The summed E-state index contributed by atoms with van der Waals surface area (Å²) in [5, 5.41) is 9.57. The van der Waals surface area contributed by atoms with Crippen molar-refractivity contribution in [3.8, 4) is 11.5 Å². The molecular weight excluding hydrogens is 493 g/mol. The van der Waals surface area contributed by atoms with E-state index in [1.54, 1.807) is 12.1 Å². The average molecular weight is 521 g/mol. The zero-order valence-corrected chi connectivity index (χ0v) is 20.3. The molecule has 10 heteroatoms. The lowest BCUT2D eigenvalue weighted by molar-refractivity contribution is -0.139. The topological polar surface area (TPSA) is 70.1 Å². The number of ether oxygens (including phenoxy) is 1. The normalized spacial score (nSPS) is 14.6. The van der Waals surface area contributed by atoms with Crippen molar-refractivity contribution in [2.75, 3.05) is 30.5 Å². The van der Waals surface area contributed by atoms with Crippen LogP contribution in [0, 0.1) is 0 Å². The molecule has 0 amide bonds. The number of anilines is 1. The number of rotatable bonds is 9. The molecule has 0 spiro atoms. The molecule has 1 fully saturated rings. The first-order valence-corrected chi connectivity index (χ1v) is 13.0. The second kappa shape index (κ2) is 10.8. The SMILES string of the molecule is O=S(=O)(c1ccccc1C(F)(F)F)N(Cc1ccc(O)cc1)c1ccc(OCCN2CCCC2)cc1. The van der Waals surface area contributed by atoms with Gasteiger partial charge in [-0.1, -0.05) is 24.3 Å². The minimum atomic E-state index is -4.85. The number of halogens is 3. The third-order valence-electron chi connectivity index (χ3n) is 6.02. The molecule has 4 rings (SSSR count). The second-order valence-corrected chi connectivity index (χ2v) is 10.4. The van der Waals surface area contributed by atoms with Gasteiger partial charge in [-0.05, 0) is 80.0 Å². The van der Waals surface area contributed by atoms with E-state index in [9.17, 15) is 26.7 Å². The van der Waals surface area contributed by atoms with Gasteiger partial charge in [-0.3, -0.25) is 9.21 Å². The predicted octanol–water partition coefficient (Wildman–Crippen LogP) is 5.28. The number of sulfonamides is 1. The van der Waals surface area contributed by atoms with E-state index in [0.29, 0.717) is 17.9 Å². The molecule has 1 heterocycles. The van der Waals surface area contributed by atoms with Gasteiger partial charge in [-0.2, -0.15) is 13.2 Å². The van der Waals surface area contributed by atoms with Crippen molar-refractivity contribution in [1.82, 2.24) is 4.90 Å². The Morgan fingerprint density at radius 1 is 0.917 bits per heavy atom. The van der Waals surface area contributed by atoms with E-state index in [1.807, 2.05) is 0 Å². The number of phenolic OH excluding ortho intramolecular Hbond substituents is 1. The number of hydrogen-bond donors (Lipinski definition) is 1. The van der Waals surface area contributed by atoms with E-state index < -0.39 is 26.7 Å². The van der Waals surface area contributed by atoms with Crippen molar-refractivity contribution in [2.24, 2.45) is 0 Å². The molecule has 3 aromatic carbocycles. The van der Waals surface area contributed by atoms with Crippen molar-refractivity contribution < 1.29 is 31.4 Å². The number of phenols is 1. The summed E-state index contributed by atoms with van der Waals surface area (Å²) < 4.78 is 74.9. The van der Waals surface area contributed by atoms with Gasteiger partial charge in [0.15, 0.2) is 0 Å². The van der Waals surface area contributed by atoms with E-state index in [1.165, 1.54) is 55.3 Å². The summed E-state index contributed by atoms with van der Waals surface area (Å²) in [6.07, 6.45) is -2.49. The van der Waals surface area contributed by atoms with Crippen LogP contribution in [0.1, 0.15) is 24.0 Å². The first-order chi connectivity index (χ1) is 17.1. The van der Waals surface area contributed by atoms with E-state index in [-0.39, 0.29) is 18.0 Å². The molecule has 1 N–H and O–H groups in total. The lowest BCUT2D eigenvalue weighted by Gasteiger charge is -2.26. The molecule has 0 aliphatic carbocycles. The maximum absolute atomic E-state index is 13.7. The third-order valence-corrected chi connectivity index (χ3v) is 7.85. The molecule has 1 saturated heterocycles. The van der Waals surface area contributed by atoms with Gasteiger partial charge in [-0.15, -0.1) is 0 Å². The zero-order chi connectivity index (χ0) is 25.8. The number of alkyl halides is 3. The molecule has 0 bridgehead atoms. The van der Waals surface area contributed by atoms with E-state index in [0.717, 1.165) is 42.1 Å². The van der Waals surface area contributed by atoms with Gasteiger partial charge in [0.05, 0.1) is 22.7 Å². The fourth-order valence-corrected chi connectivity index (χ4v) is 5.80. The fraction of sp³-hybridized carbons (Fsp3) is 0.308. The van der Waals surface area contributed by atoms with Crippen LogP contribution in [-0.2, 0) is 22.7 Å². The van der Waals surface area contributed by atoms with Crippen molar-refractivity contribution in [3.05, 3.63) is 83.9 Å². The summed E-state index contributed by atoms with van der Waals surface area (Å²) in [7, 11) is -4.61.